The molecule has 0 aromatic heterocycles. The van der Waals surface area contributed by atoms with Gasteiger partial charge in [0.25, 0.3) is 0 Å². The maximum absolute atomic E-state index is 11.9. The standard InChI is InChI=1S/C14H14O4/c1-17-12(16)13-7-14(8-13,9-13)18-11(15)10-5-3-2-4-6-10/h2-6H,7-9H2,1H3. The maximum atomic E-state index is 11.9. The molecule has 0 spiro atoms. The Morgan fingerprint density at radius 2 is 1.72 bits per heavy atom. The Balaban J connectivity index is 1.62. The highest BCUT2D eigenvalue weighted by molar-refractivity contribution is 5.90. The molecule has 3 aliphatic rings. The number of ether oxygens (including phenoxy) is 2. The Labute approximate surface area is 105 Å². The third-order valence-corrected chi connectivity index (χ3v) is 3.92. The van der Waals surface area contributed by atoms with Crippen molar-refractivity contribution in [1.29, 1.82) is 0 Å². The van der Waals surface area contributed by atoms with E-state index in [-0.39, 0.29) is 17.4 Å². The van der Waals surface area contributed by atoms with Gasteiger partial charge in [0.2, 0.25) is 0 Å². The summed E-state index contributed by atoms with van der Waals surface area (Å²) in [4.78, 5) is 23.4. The molecule has 1 aromatic carbocycles. The van der Waals surface area contributed by atoms with Gasteiger partial charge in [0.15, 0.2) is 0 Å². The van der Waals surface area contributed by atoms with Crippen LogP contribution in [0.1, 0.15) is 29.6 Å². The lowest BCUT2D eigenvalue weighted by Gasteiger charge is -2.66. The van der Waals surface area contributed by atoms with Crippen LogP contribution in [-0.2, 0) is 14.3 Å². The molecular weight excluding hydrogens is 232 g/mol. The quantitative estimate of drug-likeness (QED) is 0.765. The Morgan fingerprint density at radius 1 is 1.11 bits per heavy atom. The minimum atomic E-state index is -0.416. The smallest absolute Gasteiger partial charge is 0.338 e. The zero-order valence-corrected chi connectivity index (χ0v) is 10.1. The molecule has 4 heteroatoms. The molecule has 0 aliphatic heterocycles. The summed E-state index contributed by atoms with van der Waals surface area (Å²) in [6, 6.07) is 8.90. The van der Waals surface area contributed by atoms with E-state index in [1.807, 2.05) is 6.07 Å². The van der Waals surface area contributed by atoms with Crippen LogP contribution in [0.5, 0.6) is 0 Å². The second kappa shape index (κ2) is 3.57. The Hall–Kier alpha value is -1.84. The zero-order chi connectivity index (χ0) is 12.8. The Bertz CT molecular complexity index is 486. The molecule has 0 unspecified atom stereocenters. The van der Waals surface area contributed by atoms with Crippen molar-refractivity contribution in [3.05, 3.63) is 35.9 Å². The van der Waals surface area contributed by atoms with Crippen LogP contribution in [0.2, 0.25) is 0 Å². The van der Waals surface area contributed by atoms with Crippen LogP contribution in [0.3, 0.4) is 0 Å². The highest BCUT2D eigenvalue weighted by Crippen LogP contribution is 2.69. The molecule has 0 radical (unpaired) electrons. The van der Waals surface area contributed by atoms with Crippen LogP contribution in [-0.4, -0.2) is 24.6 Å². The van der Waals surface area contributed by atoms with Crippen LogP contribution in [0, 0.1) is 5.41 Å². The summed E-state index contributed by atoms with van der Waals surface area (Å²) < 4.78 is 10.2. The van der Waals surface area contributed by atoms with Crippen molar-refractivity contribution in [1.82, 2.24) is 0 Å². The van der Waals surface area contributed by atoms with Gasteiger partial charge in [0, 0.05) is 19.3 Å². The summed E-state index contributed by atoms with van der Waals surface area (Å²) >= 11 is 0. The molecule has 3 fully saturated rings. The van der Waals surface area contributed by atoms with E-state index >= 15 is 0 Å². The molecular formula is C14H14O4. The highest BCUT2D eigenvalue weighted by atomic mass is 16.6. The van der Waals surface area contributed by atoms with Gasteiger partial charge in [-0.25, -0.2) is 4.79 Å². The zero-order valence-electron chi connectivity index (χ0n) is 10.1. The number of carbonyl (C=O) groups is 2. The normalized spacial score (nSPS) is 31.8. The molecule has 2 bridgehead atoms. The molecule has 4 rings (SSSR count). The molecule has 0 amide bonds. The fourth-order valence-electron chi connectivity index (χ4n) is 3.07. The van der Waals surface area contributed by atoms with Crippen molar-refractivity contribution in [3.8, 4) is 0 Å². The van der Waals surface area contributed by atoms with E-state index in [4.69, 9.17) is 9.47 Å². The van der Waals surface area contributed by atoms with Gasteiger partial charge < -0.3 is 9.47 Å². The van der Waals surface area contributed by atoms with Gasteiger partial charge in [-0.1, -0.05) is 18.2 Å². The minimum Gasteiger partial charge on any atom is -0.469 e. The molecule has 3 saturated carbocycles. The van der Waals surface area contributed by atoms with Gasteiger partial charge in [0.05, 0.1) is 18.1 Å². The van der Waals surface area contributed by atoms with E-state index in [1.165, 1.54) is 7.11 Å². The summed E-state index contributed by atoms with van der Waals surface area (Å²) in [5, 5.41) is 0. The number of hydrogen-bond acceptors (Lipinski definition) is 4. The molecule has 0 N–H and O–H groups in total. The highest BCUT2D eigenvalue weighted by Gasteiger charge is 2.75. The summed E-state index contributed by atoms with van der Waals surface area (Å²) in [5.74, 6) is -0.492. The fraction of sp³-hybridized carbons (Fsp3) is 0.429. The lowest BCUT2D eigenvalue weighted by atomic mass is 9.41. The lowest BCUT2D eigenvalue weighted by molar-refractivity contribution is -0.260. The third kappa shape index (κ3) is 1.45. The molecule has 0 atom stereocenters. The van der Waals surface area contributed by atoms with Crippen molar-refractivity contribution in [3.63, 3.8) is 0 Å². The van der Waals surface area contributed by atoms with Crippen molar-refractivity contribution in [2.45, 2.75) is 24.9 Å². The van der Waals surface area contributed by atoms with Crippen LogP contribution < -0.4 is 0 Å². The van der Waals surface area contributed by atoms with Crippen LogP contribution in [0.4, 0.5) is 0 Å². The van der Waals surface area contributed by atoms with E-state index in [2.05, 4.69) is 0 Å². The minimum absolute atomic E-state index is 0.180. The Kier molecular flexibility index (Phi) is 2.24. The van der Waals surface area contributed by atoms with Gasteiger partial charge >= 0.3 is 11.9 Å². The van der Waals surface area contributed by atoms with Crippen molar-refractivity contribution >= 4 is 11.9 Å². The van der Waals surface area contributed by atoms with Gasteiger partial charge in [-0.3, -0.25) is 4.79 Å². The van der Waals surface area contributed by atoms with Crippen molar-refractivity contribution in [2.75, 3.05) is 7.11 Å². The molecule has 0 saturated heterocycles. The monoisotopic (exact) mass is 246 g/mol. The van der Waals surface area contributed by atoms with Crippen LogP contribution in [0.15, 0.2) is 30.3 Å². The summed E-state index contributed by atoms with van der Waals surface area (Å²) in [5.41, 5.74) is -0.235. The first-order valence-corrected chi connectivity index (χ1v) is 5.96. The predicted molar refractivity (Wildman–Crippen MR) is 62.9 cm³/mol. The average molecular weight is 246 g/mol. The number of rotatable bonds is 3. The summed E-state index contributed by atoms with van der Waals surface area (Å²) in [6.07, 6.45) is 1.81. The number of esters is 2. The molecule has 4 nitrogen and oxygen atoms in total. The van der Waals surface area contributed by atoms with E-state index in [0.29, 0.717) is 24.8 Å². The van der Waals surface area contributed by atoms with Crippen LogP contribution in [0.25, 0.3) is 0 Å². The molecule has 18 heavy (non-hydrogen) atoms. The summed E-state index contributed by atoms with van der Waals surface area (Å²) in [6.45, 7) is 0. The number of hydrogen-bond donors (Lipinski definition) is 0. The number of benzene rings is 1. The SMILES string of the molecule is COC(=O)C12CC(OC(=O)c3ccccc3)(C1)C2. The van der Waals surface area contributed by atoms with E-state index < -0.39 is 5.60 Å². The van der Waals surface area contributed by atoms with Crippen molar-refractivity contribution in [2.24, 2.45) is 5.41 Å². The Morgan fingerprint density at radius 3 is 2.28 bits per heavy atom. The summed E-state index contributed by atoms with van der Waals surface area (Å²) in [7, 11) is 1.39. The maximum Gasteiger partial charge on any atom is 0.338 e. The third-order valence-electron chi connectivity index (χ3n) is 3.92. The predicted octanol–water partition coefficient (Wildman–Crippen LogP) is 1.94. The molecule has 94 valence electrons. The lowest BCUT2D eigenvalue weighted by Crippen LogP contribution is -2.72. The van der Waals surface area contributed by atoms with Gasteiger partial charge in [-0.05, 0) is 12.1 Å². The first kappa shape index (κ1) is 11.3. The van der Waals surface area contributed by atoms with E-state index in [0.717, 1.165) is 0 Å². The first-order chi connectivity index (χ1) is 8.59. The van der Waals surface area contributed by atoms with E-state index in [9.17, 15) is 9.59 Å². The van der Waals surface area contributed by atoms with Gasteiger partial charge in [-0.2, -0.15) is 0 Å². The van der Waals surface area contributed by atoms with Gasteiger partial charge in [-0.15, -0.1) is 0 Å². The average Bonchev–Trinajstić information content (AvgIpc) is 2.31. The molecule has 1 aromatic rings. The second-order valence-electron chi connectivity index (χ2n) is 5.24. The second-order valence-corrected chi connectivity index (χ2v) is 5.24. The molecule has 3 aliphatic carbocycles. The van der Waals surface area contributed by atoms with Crippen LogP contribution >= 0.6 is 0 Å². The van der Waals surface area contributed by atoms with E-state index in [1.54, 1.807) is 24.3 Å². The van der Waals surface area contributed by atoms with Crippen molar-refractivity contribution < 1.29 is 19.1 Å². The molecule has 0 heterocycles. The number of carbonyl (C=O) groups excluding carboxylic acids is 2. The fourth-order valence-corrected chi connectivity index (χ4v) is 3.07. The topological polar surface area (TPSA) is 52.6 Å². The number of methoxy groups -OCH3 is 1. The van der Waals surface area contributed by atoms with Gasteiger partial charge in [0.1, 0.15) is 5.60 Å². The first-order valence-electron chi connectivity index (χ1n) is 5.96. The largest absolute Gasteiger partial charge is 0.469 e.